The van der Waals surface area contributed by atoms with Gasteiger partial charge in [0.05, 0.1) is 10.9 Å². The summed E-state index contributed by atoms with van der Waals surface area (Å²) < 4.78 is 1.73. The smallest absolute Gasteiger partial charge is 0.307 e. The van der Waals surface area contributed by atoms with Crippen LogP contribution in [0.25, 0.3) is 5.69 Å². The van der Waals surface area contributed by atoms with Gasteiger partial charge in [-0.15, -0.1) is 10.2 Å². The number of urea groups is 1. The van der Waals surface area contributed by atoms with Crippen molar-refractivity contribution >= 4 is 41.0 Å². The van der Waals surface area contributed by atoms with E-state index >= 15 is 0 Å². The molecule has 2 N–H and O–H groups in total. The standard InChI is InChI=1S/C20H20ClN5O2S/c1-12-7-8-17(13(2)9-12)23-19(28)24-18(27)14(3)29-20-25-22-11-26(20)16-6-4-5-15(21)10-16/h4-11,14H,1-3H3,(H2,23,24,27,28). The Morgan fingerprint density at radius 1 is 1.17 bits per heavy atom. The van der Waals surface area contributed by atoms with Gasteiger partial charge in [-0.05, 0) is 50.6 Å². The number of hydrogen-bond donors (Lipinski definition) is 2. The zero-order chi connectivity index (χ0) is 21.0. The lowest BCUT2D eigenvalue weighted by Crippen LogP contribution is -2.39. The zero-order valence-corrected chi connectivity index (χ0v) is 17.7. The van der Waals surface area contributed by atoms with Crippen LogP contribution in [0.5, 0.6) is 0 Å². The molecule has 1 atom stereocenters. The van der Waals surface area contributed by atoms with Crippen molar-refractivity contribution in [3.05, 3.63) is 64.9 Å². The molecule has 0 fully saturated rings. The maximum Gasteiger partial charge on any atom is 0.325 e. The number of nitrogens with one attached hydrogen (secondary N) is 2. The van der Waals surface area contributed by atoms with E-state index in [1.54, 1.807) is 36.0 Å². The lowest BCUT2D eigenvalue weighted by molar-refractivity contribution is -0.119. The molecule has 3 rings (SSSR count). The van der Waals surface area contributed by atoms with E-state index in [0.717, 1.165) is 16.8 Å². The first-order valence-corrected chi connectivity index (χ1v) is 10.1. The predicted octanol–water partition coefficient (Wildman–Crippen LogP) is 4.37. The third-order valence-electron chi connectivity index (χ3n) is 4.12. The summed E-state index contributed by atoms with van der Waals surface area (Å²) in [7, 11) is 0. The number of carbonyl (C=O) groups is 2. The number of rotatable bonds is 5. The van der Waals surface area contributed by atoms with Gasteiger partial charge in [0.15, 0.2) is 5.16 Å². The first kappa shape index (κ1) is 20.9. The minimum atomic E-state index is -0.578. The van der Waals surface area contributed by atoms with Gasteiger partial charge in [0.2, 0.25) is 5.91 Å². The Morgan fingerprint density at radius 3 is 2.69 bits per heavy atom. The molecule has 0 radical (unpaired) electrons. The monoisotopic (exact) mass is 429 g/mol. The second kappa shape index (κ2) is 9.11. The van der Waals surface area contributed by atoms with Crippen LogP contribution in [0, 0.1) is 13.8 Å². The average molecular weight is 430 g/mol. The molecule has 0 aliphatic heterocycles. The fourth-order valence-corrected chi connectivity index (χ4v) is 3.67. The lowest BCUT2D eigenvalue weighted by Gasteiger charge is -2.13. The summed E-state index contributed by atoms with van der Waals surface area (Å²) >= 11 is 7.24. The molecular formula is C20H20ClN5O2S. The van der Waals surface area contributed by atoms with Crippen molar-refractivity contribution in [2.45, 2.75) is 31.2 Å². The highest BCUT2D eigenvalue weighted by atomic mass is 35.5. The van der Waals surface area contributed by atoms with Crippen molar-refractivity contribution in [1.29, 1.82) is 0 Å². The highest BCUT2D eigenvalue weighted by Crippen LogP contribution is 2.25. The van der Waals surface area contributed by atoms with Crippen LogP contribution in [0.4, 0.5) is 10.5 Å². The molecule has 7 nitrogen and oxygen atoms in total. The van der Waals surface area contributed by atoms with Gasteiger partial charge in [0.25, 0.3) is 0 Å². The number of imide groups is 1. The zero-order valence-electron chi connectivity index (χ0n) is 16.1. The Bertz CT molecular complexity index is 1050. The number of carbonyl (C=O) groups excluding carboxylic acids is 2. The first-order chi connectivity index (χ1) is 13.8. The molecule has 150 valence electrons. The van der Waals surface area contributed by atoms with Crippen LogP contribution in [0.1, 0.15) is 18.1 Å². The fraction of sp³-hybridized carbons (Fsp3) is 0.200. The van der Waals surface area contributed by atoms with Gasteiger partial charge in [-0.3, -0.25) is 14.7 Å². The molecule has 1 heterocycles. The van der Waals surface area contributed by atoms with E-state index in [9.17, 15) is 9.59 Å². The lowest BCUT2D eigenvalue weighted by atomic mass is 10.1. The van der Waals surface area contributed by atoms with E-state index in [1.807, 2.05) is 38.1 Å². The van der Waals surface area contributed by atoms with Crippen molar-refractivity contribution in [2.75, 3.05) is 5.32 Å². The number of anilines is 1. The van der Waals surface area contributed by atoms with Crippen molar-refractivity contribution < 1.29 is 9.59 Å². The molecular weight excluding hydrogens is 410 g/mol. The van der Waals surface area contributed by atoms with E-state index in [0.29, 0.717) is 15.9 Å². The normalized spacial score (nSPS) is 11.7. The van der Waals surface area contributed by atoms with Gasteiger partial charge in [0, 0.05) is 10.7 Å². The Morgan fingerprint density at radius 2 is 1.97 bits per heavy atom. The van der Waals surface area contributed by atoms with Crippen molar-refractivity contribution in [1.82, 2.24) is 20.1 Å². The second-order valence-electron chi connectivity index (χ2n) is 6.49. The van der Waals surface area contributed by atoms with E-state index in [-0.39, 0.29) is 0 Å². The maximum absolute atomic E-state index is 12.4. The Hall–Kier alpha value is -2.84. The summed E-state index contributed by atoms with van der Waals surface area (Å²) in [5, 5.41) is 13.6. The SMILES string of the molecule is Cc1ccc(NC(=O)NC(=O)C(C)Sc2nncn2-c2cccc(Cl)c2)c(C)c1. The summed E-state index contributed by atoms with van der Waals surface area (Å²) in [5.74, 6) is -0.432. The van der Waals surface area contributed by atoms with Gasteiger partial charge in [-0.1, -0.05) is 47.1 Å². The van der Waals surface area contributed by atoms with Crippen molar-refractivity contribution in [2.24, 2.45) is 0 Å². The molecule has 0 aliphatic carbocycles. The molecule has 3 amide bonds. The van der Waals surface area contributed by atoms with Crippen LogP contribution >= 0.6 is 23.4 Å². The largest absolute Gasteiger partial charge is 0.325 e. The summed E-state index contributed by atoms with van der Waals surface area (Å²) in [6.07, 6.45) is 1.55. The minimum Gasteiger partial charge on any atom is -0.307 e. The van der Waals surface area contributed by atoms with Crippen LogP contribution in [0.15, 0.2) is 53.9 Å². The van der Waals surface area contributed by atoms with Crippen LogP contribution in [0.2, 0.25) is 5.02 Å². The molecule has 2 aromatic carbocycles. The van der Waals surface area contributed by atoms with Gasteiger partial charge in [0.1, 0.15) is 6.33 Å². The number of hydrogen-bond acceptors (Lipinski definition) is 5. The molecule has 0 spiro atoms. The number of thioether (sulfide) groups is 1. The fourth-order valence-electron chi connectivity index (χ4n) is 2.64. The molecule has 0 saturated carbocycles. The van der Waals surface area contributed by atoms with Gasteiger partial charge < -0.3 is 5.32 Å². The van der Waals surface area contributed by atoms with Crippen LogP contribution in [0.3, 0.4) is 0 Å². The van der Waals surface area contributed by atoms with E-state index in [1.165, 1.54) is 11.8 Å². The van der Waals surface area contributed by atoms with Gasteiger partial charge >= 0.3 is 6.03 Å². The van der Waals surface area contributed by atoms with Gasteiger partial charge in [-0.25, -0.2) is 4.79 Å². The quantitative estimate of drug-likeness (QED) is 0.588. The Labute approximate surface area is 177 Å². The summed E-state index contributed by atoms with van der Waals surface area (Å²) in [6, 6.07) is 12.3. The maximum atomic E-state index is 12.4. The van der Waals surface area contributed by atoms with Crippen molar-refractivity contribution in [3.8, 4) is 5.69 Å². The molecule has 29 heavy (non-hydrogen) atoms. The molecule has 3 aromatic rings. The summed E-state index contributed by atoms with van der Waals surface area (Å²) in [5.41, 5.74) is 3.45. The minimum absolute atomic E-state index is 0.432. The van der Waals surface area contributed by atoms with E-state index < -0.39 is 17.2 Å². The molecule has 1 unspecified atom stereocenters. The first-order valence-electron chi connectivity index (χ1n) is 8.85. The predicted molar refractivity (Wildman–Crippen MR) is 115 cm³/mol. The third-order valence-corrected chi connectivity index (χ3v) is 5.41. The third kappa shape index (κ3) is 5.36. The van der Waals surface area contributed by atoms with E-state index in [2.05, 4.69) is 20.8 Å². The van der Waals surface area contributed by atoms with Crippen LogP contribution < -0.4 is 10.6 Å². The average Bonchev–Trinajstić information content (AvgIpc) is 3.12. The number of halogens is 1. The Balaban J connectivity index is 1.63. The topological polar surface area (TPSA) is 88.9 Å². The molecule has 0 saturated heterocycles. The Kier molecular flexibility index (Phi) is 6.56. The van der Waals surface area contributed by atoms with Crippen LogP contribution in [-0.4, -0.2) is 32.0 Å². The number of nitrogens with zero attached hydrogens (tertiary/aromatic N) is 3. The van der Waals surface area contributed by atoms with Crippen molar-refractivity contribution in [3.63, 3.8) is 0 Å². The molecule has 1 aromatic heterocycles. The van der Waals surface area contributed by atoms with E-state index in [4.69, 9.17) is 11.6 Å². The van der Waals surface area contributed by atoms with Crippen LogP contribution in [-0.2, 0) is 4.79 Å². The highest BCUT2D eigenvalue weighted by molar-refractivity contribution is 8.00. The number of benzene rings is 2. The second-order valence-corrected chi connectivity index (χ2v) is 8.23. The number of aryl methyl sites for hydroxylation is 2. The summed E-state index contributed by atoms with van der Waals surface area (Å²) in [4.78, 5) is 24.6. The van der Waals surface area contributed by atoms with Gasteiger partial charge in [-0.2, -0.15) is 0 Å². The number of aromatic nitrogens is 3. The molecule has 0 aliphatic rings. The number of amides is 3. The molecule has 0 bridgehead atoms. The molecule has 9 heteroatoms. The highest BCUT2D eigenvalue weighted by Gasteiger charge is 2.20. The summed E-state index contributed by atoms with van der Waals surface area (Å²) in [6.45, 7) is 5.56.